The third-order valence-electron chi connectivity index (χ3n) is 5.25. The van der Waals surface area contributed by atoms with E-state index < -0.39 is 42.0 Å². The second-order valence-electron chi connectivity index (χ2n) is 7.30. The van der Waals surface area contributed by atoms with Crippen molar-refractivity contribution in [2.24, 2.45) is 0 Å². The van der Waals surface area contributed by atoms with Crippen LogP contribution in [0, 0.1) is 0 Å². The Hall–Kier alpha value is -3.98. The highest BCUT2D eigenvalue weighted by Crippen LogP contribution is 2.40. The summed E-state index contributed by atoms with van der Waals surface area (Å²) in [5, 5.41) is 0. The summed E-state index contributed by atoms with van der Waals surface area (Å²) in [5.41, 5.74) is 0.299. The van der Waals surface area contributed by atoms with Crippen LogP contribution in [0.1, 0.15) is 26.9 Å². The van der Waals surface area contributed by atoms with Gasteiger partial charge in [0.2, 0.25) is 0 Å². The van der Waals surface area contributed by atoms with Crippen LogP contribution in [0.25, 0.3) is 0 Å². The van der Waals surface area contributed by atoms with Gasteiger partial charge in [0.05, 0.1) is 11.1 Å². The molecular weight excluding hydrogens is 416 g/mol. The Morgan fingerprint density at radius 2 is 1.59 bits per heavy atom. The van der Waals surface area contributed by atoms with E-state index in [1.54, 1.807) is 65.2 Å². The van der Waals surface area contributed by atoms with Gasteiger partial charge in [0.15, 0.2) is 18.4 Å². The zero-order chi connectivity index (χ0) is 22.1. The number of aromatic nitrogens is 2. The largest absolute Gasteiger partial charge is 0.459 e. The summed E-state index contributed by atoms with van der Waals surface area (Å²) in [4.78, 5) is 40.5. The lowest BCUT2D eigenvalue weighted by Gasteiger charge is -2.22. The number of ether oxygens (including phenoxy) is 4. The molecule has 0 N–H and O–H groups in total. The molecule has 0 bridgehead atoms. The minimum absolute atomic E-state index is 0.0768. The quantitative estimate of drug-likeness (QED) is 0.562. The molecule has 1 saturated heterocycles. The monoisotopic (exact) mass is 434 g/mol. The highest BCUT2D eigenvalue weighted by molar-refractivity contribution is 5.90. The van der Waals surface area contributed by atoms with Crippen LogP contribution >= 0.6 is 0 Å². The number of nitrogens with zero attached hydrogens (tertiary/aromatic N) is 2. The summed E-state index contributed by atoms with van der Waals surface area (Å²) < 4.78 is 24.5. The maximum atomic E-state index is 12.7. The number of rotatable bonds is 5. The summed E-state index contributed by atoms with van der Waals surface area (Å²) in [6.07, 6.45) is -1.61. The maximum absolute atomic E-state index is 12.7. The molecule has 1 aromatic heterocycles. The number of hydrogen-bond donors (Lipinski definition) is 0. The van der Waals surface area contributed by atoms with Gasteiger partial charge in [0.25, 0.3) is 5.56 Å². The van der Waals surface area contributed by atoms with Gasteiger partial charge in [-0.15, -0.1) is 0 Å². The molecule has 32 heavy (non-hydrogen) atoms. The fraction of sp³-hybridized carbons (Fsp3) is 0.217. The standard InChI is InChI=1S/C23H18N2O7/c26-17-11-12-25-20-19(32-23(25)24-17)18(31-22(28)15-9-5-2-6-10-15)16(30-20)13-29-21(27)14-7-3-1-4-8-14/h1-12,16,18-20H,13H2/t16-,18-,19+,20-/m0/s1. The van der Waals surface area contributed by atoms with Crippen molar-refractivity contribution in [3.63, 3.8) is 0 Å². The lowest BCUT2D eigenvalue weighted by Crippen LogP contribution is -2.40. The van der Waals surface area contributed by atoms with E-state index in [0.29, 0.717) is 11.1 Å². The molecule has 3 aromatic rings. The Morgan fingerprint density at radius 3 is 2.28 bits per heavy atom. The molecule has 1 fully saturated rings. The normalized spacial score (nSPS) is 23.0. The lowest BCUT2D eigenvalue weighted by molar-refractivity contribution is -0.0574. The summed E-state index contributed by atoms with van der Waals surface area (Å²) >= 11 is 0. The maximum Gasteiger partial charge on any atom is 0.338 e. The Bertz CT molecular complexity index is 1200. The Labute approximate surface area is 182 Å². The van der Waals surface area contributed by atoms with E-state index in [4.69, 9.17) is 18.9 Å². The third kappa shape index (κ3) is 3.74. The highest BCUT2D eigenvalue weighted by Gasteiger charge is 2.54. The van der Waals surface area contributed by atoms with Crippen molar-refractivity contribution in [2.75, 3.05) is 6.61 Å². The van der Waals surface area contributed by atoms with Crippen molar-refractivity contribution in [2.45, 2.75) is 24.5 Å². The summed E-state index contributed by atoms with van der Waals surface area (Å²) in [6.45, 7) is -0.153. The third-order valence-corrected chi connectivity index (χ3v) is 5.25. The predicted octanol–water partition coefficient (Wildman–Crippen LogP) is 1.98. The minimum atomic E-state index is -0.895. The van der Waals surface area contributed by atoms with Gasteiger partial charge in [-0.25, -0.2) is 9.59 Å². The van der Waals surface area contributed by atoms with E-state index in [1.807, 2.05) is 0 Å². The molecule has 162 valence electrons. The van der Waals surface area contributed by atoms with Gasteiger partial charge < -0.3 is 18.9 Å². The van der Waals surface area contributed by atoms with E-state index in [-0.39, 0.29) is 12.6 Å². The molecule has 5 rings (SSSR count). The van der Waals surface area contributed by atoms with Gasteiger partial charge in [-0.3, -0.25) is 9.36 Å². The number of carbonyl (C=O) groups excluding carboxylic acids is 2. The fourth-order valence-corrected chi connectivity index (χ4v) is 3.71. The SMILES string of the molecule is O=C(OC[C@@H]1O[C@H]2[C@H](Oc3nc(=O)ccn32)[C@H]1OC(=O)c1ccccc1)c1ccccc1. The smallest absolute Gasteiger partial charge is 0.338 e. The zero-order valence-electron chi connectivity index (χ0n) is 16.7. The van der Waals surface area contributed by atoms with Gasteiger partial charge in [-0.2, -0.15) is 4.98 Å². The number of hydrogen-bond acceptors (Lipinski definition) is 8. The van der Waals surface area contributed by atoms with E-state index in [1.165, 1.54) is 12.3 Å². The Balaban J connectivity index is 1.37. The second kappa shape index (κ2) is 8.27. The summed E-state index contributed by atoms with van der Waals surface area (Å²) in [6, 6.07) is 18.4. The second-order valence-corrected chi connectivity index (χ2v) is 7.30. The van der Waals surface area contributed by atoms with Crippen molar-refractivity contribution in [1.29, 1.82) is 0 Å². The van der Waals surface area contributed by atoms with Gasteiger partial charge >= 0.3 is 17.9 Å². The molecule has 0 spiro atoms. The van der Waals surface area contributed by atoms with E-state index in [0.717, 1.165) is 0 Å². The molecule has 2 aliphatic heterocycles. The lowest BCUT2D eigenvalue weighted by atomic mass is 10.1. The molecule has 0 amide bonds. The van der Waals surface area contributed by atoms with Crippen LogP contribution in [-0.2, 0) is 14.2 Å². The molecule has 4 atom stereocenters. The van der Waals surface area contributed by atoms with Crippen LogP contribution in [0.2, 0.25) is 0 Å². The molecule has 0 saturated carbocycles. The molecule has 3 heterocycles. The van der Waals surface area contributed by atoms with Crippen LogP contribution in [0.4, 0.5) is 0 Å². The van der Waals surface area contributed by atoms with Crippen molar-refractivity contribution >= 4 is 11.9 Å². The van der Waals surface area contributed by atoms with Crippen LogP contribution in [-0.4, -0.2) is 46.4 Å². The molecular formula is C23H18N2O7. The average molecular weight is 434 g/mol. The molecule has 0 radical (unpaired) electrons. The molecule has 0 unspecified atom stereocenters. The molecule has 0 aliphatic carbocycles. The first-order valence-electron chi connectivity index (χ1n) is 10.00. The van der Waals surface area contributed by atoms with Crippen LogP contribution in [0.3, 0.4) is 0 Å². The molecule has 9 nitrogen and oxygen atoms in total. The van der Waals surface area contributed by atoms with Crippen molar-refractivity contribution < 1.29 is 28.5 Å². The number of esters is 2. The van der Waals surface area contributed by atoms with Gasteiger partial charge in [-0.05, 0) is 24.3 Å². The van der Waals surface area contributed by atoms with Gasteiger partial charge in [0.1, 0.15) is 12.7 Å². The van der Waals surface area contributed by atoms with E-state index in [9.17, 15) is 14.4 Å². The highest BCUT2D eigenvalue weighted by atomic mass is 16.7. The van der Waals surface area contributed by atoms with Crippen molar-refractivity contribution in [3.8, 4) is 6.01 Å². The zero-order valence-corrected chi connectivity index (χ0v) is 16.7. The van der Waals surface area contributed by atoms with E-state index >= 15 is 0 Å². The molecule has 2 aromatic carbocycles. The van der Waals surface area contributed by atoms with Crippen LogP contribution in [0.5, 0.6) is 6.01 Å². The number of benzene rings is 2. The topological polar surface area (TPSA) is 106 Å². The summed E-state index contributed by atoms with van der Waals surface area (Å²) in [7, 11) is 0. The predicted molar refractivity (Wildman–Crippen MR) is 109 cm³/mol. The molecule has 9 heteroatoms. The van der Waals surface area contributed by atoms with Crippen LogP contribution < -0.4 is 10.3 Å². The van der Waals surface area contributed by atoms with Crippen molar-refractivity contribution in [1.82, 2.24) is 9.55 Å². The fourth-order valence-electron chi connectivity index (χ4n) is 3.71. The number of carbonyl (C=O) groups is 2. The number of fused-ring (bicyclic) bond motifs is 3. The summed E-state index contributed by atoms with van der Waals surface area (Å²) in [5.74, 6) is -1.09. The average Bonchev–Trinajstić information content (AvgIpc) is 3.34. The molecule has 2 aliphatic rings. The van der Waals surface area contributed by atoms with Crippen molar-refractivity contribution in [3.05, 3.63) is 94.4 Å². The van der Waals surface area contributed by atoms with E-state index in [2.05, 4.69) is 4.98 Å². The first-order valence-corrected chi connectivity index (χ1v) is 10.00. The Morgan fingerprint density at radius 1 is 0.938 bits per heavy atom. The van der Waals surface area contributed by atoms with Gasteiger partial charge in [0, 0.05) is 12.3 Å². The minimum Gasteiger partial charge on any atom is -0.459 e. The first kappa shape index (κ1) is 20.0. The first-order chi connectivity index (χ1) is 15.6. The Kier molecular flexibility index (Phi) is 5.16. The van der Waals surface area contributed by atoms with Crippen LogP contribution in [0.15, 0.2) is 77.7 Å². The van der Waals surface area contributed by atoms with Gasteiger partial charge in [-0.1, -0.05) is 36.4 Å².